The minimum atomic E-state index is -0.0720. The van der Waals surface area contributed by atoms with Crippen molar-refractivity contribution in [2.45, 2.75) is 32.0 Å². The van der Waals surface area contributed by atoms with Crippen LogP contribution in [0.4, 0.5) is 0 Å². The highest BCUT2D eigenvalue weighted by atomic mass is 32.2. The number of amides is 1. The van der Waals surface area contributed by atoms with Crippen LogP contribution in [0.1, 0.15) is 29.7 Å². The van der Waals surface area contributed by atoms with Crippen molar-refractivity contribution in [3.8, 4) is 11.5 Å². The number of benzene rings is 2. The Morgan fingerprint density at radius 3 is 2.62 bits per heavy atom. The Labute approximate surface area is 157 Å². The van der Waals surface area contributed by atoms with Crippen molar-refractivity contribution in [3.05, 3.63) is 65.2 Å². The van der Waals surface area contributed by atoms with Crippen LogP contribution in [0.2, 0.25) is 0 Å². The van der Waals surface area contributed by atoms with Crippen LogP contribution < -0.4 is 5.32 Å². The van der Waals surface area contributed by atoms with Crippen LogP contribution in [0.15, 0.2) is 58.2 Å². The minimum Gasteiger partial charge on any atom is -0.411 e. The second kappa shape index (κ2) is 8.19. The van der Waals surface area contributed by atoms with Crippen LogP contribution in [0, 0.1) is 13.8 Å². The van der Waals surface area contributed by atoms with Crippen LogP contribution in [0.5, 0.6) is 0 Å². The maximum atomic E-state index is 12.1. The second-order valence-corrected chi connectivity index (χ2v) is 7.09. The van der Waals surface area contributed by atoms with Gasteiger partial charge in [0.15, 0.2) is 0 Å². The molecule has 1 heterocycles. The molecule has 0 saturated heterocycles. The fourth-order valence-corrected chi connectivity index (χ4v) is 3.07. The van der Waals surface area contributed by atoms with Crippen LogP contribution >= 0.6 is 11.8 Å². The number of nitrogens with zero attached hydrogens (tertiary/aromatic N) is 2. The smallest absolute Gasteiger partial charge is 0.277 e. The molecule has 0 saturated carbocycles. The standard InChI is InChI=1S/C20H21N3O2S/c1-13-9-10-17(11-14(13)2)19-22-23-20(25-19)26-12-18(24)21-15(3)16-7-5-4-6-8-16/h4-11,15H,12H2,1-3H3,(H,21,24)/t15-/m1/s1. The summed E-state index contributed by atoms with van der Waals surface area (Å²) >= 11 is 1.24. The van der Waals surface area contributed by atoms with Crippen molar-refractivity contribution in [1.29, 1.82) is 0 Å². The van der Waals surface area contributed by atoms with E-state index in [1.807, 2.05) is 62.4 Å². The molecule has 0 bridgehead atoms. The Morgan fingerprint density at radius 1 is 1.12 bits per heavy atom. The lowest BCUT2D eigenvalue weighted by Crippen LogP contribution is -2.28. The minimum absolute atomic E-state index is 0.0434. The van der Waals surface area contributed by atoms with Gasteiger partial charge in [0.05, 0.1) is 11.8 Å². The van der Waals surface area contributed by atoms with Crippen molar-refractivity contribution < 1.29 is 9.21 Å². The van der Waals surface area contributed by atoms with Crippen molar-refractivity contribution >= 4 is 17.7 Å². The number of carbonyl (C=O) groups excluding carboxylic acids is 1. The quantitative estimate of drug-likeness (QED) is 0.657. The molecule has 2 aromatic carbocycles. The summed E-state index contributed by atoms with van der Waals surface area (Å²) in [6, 6.07) is 15.8. The highest BCUT2D eigenvalue weighted by Crippen LogP contribution is 2.24. The fraction of sp³-hybridized carbons (Fsp3) is 0.250. The van der Waals surface area contributed by atoms with E-state index in [0.29, 0.717) is 11.1 Å². The largest absolute Gasteiger partial charge is 0.411 e. The molecule has 0 aliphatic carbocycles. The van der Waals surface area contributed by atoms with Crippen LogP contribution in [0.25, 0.3) is 11.5 Å². The third kappa shape index (κ3) is 4.52. The molecule has 134 valence electrons. The van der Waals surface area contributed by atoms with E-state index in [1.165, 1.54) is 22.9 Å². The van der Waals surface area contributed by atoms with E-state index in [4.69, 9.17) is 4.42 Å². The summed E-state index contributed by atoms with van der Waals surface area (Å²) < 4.78 is 5.67. The third-order valence-electron chi connectivity index (χ3n) is 4.16. The first-order chi connectivity index (χ1) is 12.5. The van der Waals surface area contributed by atoms with E-state index in [-0.39, 0.29) is 17.7 Å². The van der Waals surface area contributed by atoms with Gasteiger partial charge in [-0.3, -0.25) is 4.79 Å². The Bertz CT molecular complexity index is 893. The van der Waals surface area contributed by atoms with E-state index in [9.17, 15) is 4.79 Å². The average molecular weight is 367 g/mol. The lowest BCUT2D eigenvalue weighted by atomic mass is 10.1. The maximum Gasteiger partial charge on any atom is 0.277 e. The lowest BCUT2D eigenvalue weighted by molar-refractivity contribution is -0.119. The van der Waals surface area contributed by atoms with E-state index in [0.717, 1.165) is 11.1 Å². The summed E-state index contributed by atoms with van der Waals surface area (Å²) in [5.41, 5.74) is 4.34. The molecule has 1 aromatic heterocycles. The molecule has 1 amide bonds. The van der Waals surface area contributed by atoms with Crippen LogP contribution in [0.3, 0.4) is 0 Å². The number of hydrogen-bond acceptors (Lipinski definition) is 5. The zero-order valence-corrected chi connectivity index (χ0v) is 15.8. The molecule has 0 unspecified atom stereocenters. The molecule has 26 heavy (non-hydrogen) atoms. The topological polar surface area (TPSA) is 68.0 Å². The Hall–Kier alpha value is -2.60. The molecule has 3 rings (SSSR count). The molecule has 5 nitrogen and oxygen atoms in total. The third-order valence-corrected chi connectivity index (χ3v) is 4.98. The maximum absolute atomic E-state index is 12.1. The van der Waals surface area contributed by atoms with Gasteiger partial charge in [0.25, 0.3) is 5.22 Å². The normalized spacial score (nSPS) is 12.0. The van der Waals surface area contributed by atoms with Gasteiger partial charge in [-0.05, 0) is 49.6 Å². The van der Waals surface area contributed by atoms with Crippen molar-refractivity contribution in [2.75, 3.05) is 5.75 Å². The van der Waals surface area contributed by atoms with Crippen LogP contribution in [-0.4, -0.2) is 21.9 Å². The van der Waals surface area contributed by atoms with Gasteiger partial charge in [0.1, 0.15) is 0 Å². The number of nitrogens with one attached hydrogen (secondary N) is 1. The molecule has 1 atom stereocenters. The van der Waals surface area contributed by atoms with Gasteiger partial charge in [-0.2, -0.15) is 0 Å². The number of aromatic nitrogens is 2. The lowest BCUT2D eigenvalue weighted by Gasteiger charge is -2.13. The molecule has 0 fully saturated rings. The first-order valence-corrected chi connectivity index (χ1v) is 9.39. The number of carbonyl (C=O) groups is 1. The number of hydrogen-bond donors (Lipinski definition) is 1. The average Bonchev–Trinajstić information content (AvgIpc) is 3.12. The number of rotatable bonds is 6. The summed E-state index contributed by atoms with van der Waals surface area (Å²) in [4.78, 5) is 12.1. The summed E-state index contributed by atoms with van der Waals surface area (Å²) in [7, 11) is 0. The molecular formula is C20H21N3O2S. The number of aryl methyl sites for hydroxylation is 2. The van der Waals surface area contributed by atoms with Gasteiger partial charge in [0.2, 0.25) is 11.8 Å². The highest BCUT2D eigenvalue weighted by molar-refractivity contribution is 7.99. The van der Waals surface area contributed by atoms with Crippen molar-refractivity contribution in [2.24, 2.45) is 0 Å². The Balaban J connectivity index is 1.56. The van der Waals surface area contributed by atoms with Crippen molar-refractivity contribution in [3.63, 3.8) is 0 Å². The van der Waals surface area contributed by atoms with Gasteiger partial charge in [-0.15, -0.1) is 10.2 Å². The first-order valence-electron chi connectivity index (χ1n) is 8.41. The predicted molar refractivity (Wildman–Crippen MR) is 103 cm³/mol. The van der Waals surface area contributed by atoms with E-state index < -0.39 is 0 Å². The van der Waals surface area contributed by atoms with Gasteiger partial charge < -0.3 is 9.73 Å². The SMILES string of the molecule is Cc1ccc(-c2nnc(SCC(=O)N[C@H](C)c3ccccc3)o2)cc1C. The second-order valence-electron chi connectivity index (χ2n) is 6.16. The summed E-state index contributed by atoms with van der Waals surface area (Å²) in [6.45, 7) is 6.06. The highest BCUT2D eigenvalue weighted by Gasteiger charge is 2.13. The van der Waals surface area contributed by atoms with Gasteiger partial charge in [-0.1, -0.05) is 48.2 Å². The van der Waals surface area contributed by atoms with Gasteiger partial charge in [-0.25, -0.2) is 0 Å². The molecule has 0 aliphatic heterocycles. The molecule has 6 heteroatoms. The molecule has 1 N–H and O–H groups in total. The summed E-state index contributed by atoms with van der Waals surface area (Å²) in [5, 5.41) is 11.5. The molecule has 0 radical (unpaired) electrons. The van der Waals surface area contributed by atoms with Gasteiger partial charge in [0, 0.05) is 5.56 Å². The summed E-state index contributed by atoms with van der Waals surface area (Å²) in [5.74, 6) is 0.622. The zero-order valence-electron chi connectivity index (χ0n) is 15.0. The van der Waals surface area contributed by atoms with E-state index in [1.54, 1.807) is 0 Å². The zero-order chi connectivity index (χ0) is 18.5. The fourth-order valence-electron chi connectivity index (χ4n) is 2.49. The Kier molecular flexibility index (Phi) is 5.73. The summed E-state index contributed by atoms with van der Waals surface area (Å²) in [6.07, 6.45) is 0. The van der Waals surface area contributed by atoms with E-state index in [2.05, 4.69) is 22.4 Å². The predicted octanol–water partition coefficient (Wildman–Crippen LogP) is 4.32. The van der Waals surface area contributed by atoms with Crippen LogP contribution in [-0.2, 0) is 4.79 Å². The number of thioether (sulfide) groups is 1. The monoisotopic (exact) mass is 367 g/mol. The van der Waals surface area contributed by atoms with Crippen molar-refractivity contribution in [1.82, 2.24) is 15.5 Å². The molecule has 0 aliphatic rings. The van der Waals surface area contributed by atoms with Gasteiger partial charge >= 0.3 is 0 Å². The Morgan fingerprint density at radius 2 is 1.88 bits per heavy atom. The molecular weight excluding hydrogens is 346 g/mol. The molecule has 3 aromatic rings. The molecule has 0 spiro atoms. The first kappa shape index (κ1) is 18.2. The van der Waals surface area contributed by atoms with E-state index >= 15 is 0 Å².